The lowest BCUT2D eigenvalue weighted by Crippen LogP contribution is -2.26. The first-order valence-electron chi connectivity index (χ1n) is 8.48. The molecule has 0 aliphatic carbocycles. The van der Waals surface area contributed by atoms with Gasteiger partial charge in [0.25, 0.3) is 0 Å². The lowest BCUT2D eigenvalue weighted by Gasteiger charge is -2.20. The zero-order chi connectivity index (χ0) is 19.4. The number of carbonyl (C=O) groups is 1. The monoisotopic (exact) mass is 382 g/mol. The van der Waals surface area contributed by atoms with Crippen molar-refractivity contribution in [3.63, 3.8) is 0 Å². The van der Waals surface area contributed by atoms with E-state index in [0.717, 1.165) is 22.7 Å². The lowest BCUT2D eigenvalue weighted by atomic mass is 10.1. The molecule has 0 N–H and O–H groups in total. The Balaban J connectivity index is 1.91. The van der Waals surface area contributed by atoms with E-state index in [0.29, 0.717) is 5.16 Å². The molecule has 1 amide bonds. The maximum Gasteiger partial charge on any atom is 0.240 e. The molecule has 2 aromatic carbocycles. The van der Waals surface area contributed by atoms with Gasteiger partial charge in [0.1, 0.15) is 11.0 Å². The first-order chi connectivity index (χ1) is 13.0. The van der Waals surface area contributed by atoms with E-state index in [1.54, 1.807) is 26.1 Å². The molecule has 0 saturated carbocycles. The van der Waals surface area contributed by atoms with Crippen molar-refractivity contribution in [3.05, 3.63) is 60.2 Å². The van der Waals surface area contributed by atoms with Crippen LogP contribution in [-0.4, -0.2) is 46.8 Å². The summed E-state index contributed by atoms with van der Waals surface area (Å²) in [7, 11) is 7.07. The molecule has 1 heterocycles. The lowest BCUT2D eigenvalue weighted by molar-refractivity contribution is -0.128. The summed E-state index contributed by atoms with van der Waals surface area (Å²) in [4.78, 5) is 14.3. The van der Waals surface area contributed by atoms with E-state index in [9.17, 15) is 4.79 Å². The van der Waals surface area contributed by atoms with Gasteiger partial charge in [0, 0.05) is 26.7 Å². The molecule has 140 valence electrons. The molecule has 0 aliphatic rings. The number of carbonyl (C=O) groups excluding carboxylic acids is 1. The Morgan fingerprint density at radius 3 is 2.33 bits per heavy atom. The molecule has 3 rings (SSSR count). The highest BCUT2D eigenvalue weighted by molar-refractivity contribution is 8.00. The van der Waals surface area contributed by atoms with Crippen LogP contribution < -0.4 is 4.74 Å². The average molecular weight is 382 g/mol. The van der Waals surface area contributed by atoms with Crippen LogP contribution >= 0.6 is 11.8 Å². The van der Waals surface area contributed by atoms with Crippen molar-refractivity contribution < 1.29 is 9.53 Å². The quantitative estimate of drug-likeness (QED) is 0.612. The maximum absolute atomic E-state index is 12.7. The summed E-state index contributed by atoms with van der Waals surface area (Å²) in [5.41, 5.74) is 1.88. The van der Waals surface area contributed by atoms with Gasteiger partial charge in [-0.2, -0.15) is 0 Å². The number of nitrogens with zero attached hydrogens (tertiary/aromatic N) is 4. The van der Waals surface area contributed by atoms with Crippen molar-refractivity contribution in [1.29, 1.82) is 0 Å². The van der Waals surface area contributed by atoms with Crippen LogP contribution in [0.15, 0.2) is 59.8 Å². The van der Waals surface area contributed by atoms with Crippen molar-refractivity contribution in [3.8, 4) is 17.1 Å². The number of rotatable bonds is 6. The molecular weight excluding hydrogens is 360 g/mol. The Morgan fingerprint density at radius 1 is 1.07 bits per heavy atom. The summed E-state index contributed by atoms with van der Waals surface area (Å²) in [6, 6.07) is 17.4. The fourth-order valence-corrected chi connectivity index (χ4v) is 3.79. The van der Waals surface area contributed by atoms with Gasteiger partial charge in [0.15, 0.2) is 11.0 Å². The fourth-order valence-electron chi connectivity index (χ4n) is 2.64. The third-order valence-electron chi connectivity index (χ3n) is 4.17. The number of amides is 1. The second-order valence-electron chi connectivity index (χ2n) is 6.23. The Morgan fingerprint density at radius 2 is 1.74 bits per heavy atom. The minimum absolute atomic E-state index is 0.0141. The minimum atomic E-state index is -0.382. The Bertz CT molecular complexity index is 907. The number of hydrogen-bond donors (Lipinski definition) is 0. The molecule has 0 radical (unpaired) electrons. The van der Waals surface area contributed by atoms with Crippen molar-refractivity contribution in [2.75, 3.05) is 21.2 Å². The van der Waals surface area contributed by atoms with Gasteiger partial charge in [0.2, 0.25) is 5.91 Å². The molecule has 7 heteroatoms. The normalized spacial score (nSPS) is 11.9. The van der Waals surface area contributed by atoms with Crippen LogP contribution in [0.1, 0.15) is 10.8 Å². The Hall–Kier alpha value is -2.80. The van der Waals surface area contributed by atoms with Gasteiger partial charge in [-0.05, 0) is 29.8 Å². The highest BCUT2D eigenvalue weighted by atomic mass is 32.2. The van der Waals surface area contributed by atoms with Gasteiger partial charge in [-0.1, -0.05) is 42.1 Å². The van der Waals surface area contributed by atoms with Gasteiger partial charge in [-0.3, -0.25) is 4.79 Å². The Kier molecular flexibility index (Phi) is 5.81. The summed E-state index contributed by atoms with van der Waals surface area (Å²) in [6.45, 7) is 0. The van der Waals surface area contributed by atoms with Crippen LogP contribution in [0.5, 0.6) is 5.75 Å². The second-order valence-corrected chi connectivity index (χ2v) is 7.31. The molecule has 0 spiro atoms. The molecule has 0 saturated heterocycles. The molecule has 3 aromatic rings. The van der Waals surface area contributed by atoms with E-state index in [-0.39, 0.29) is 11.2 Å². The number of methoxy groups -OCH3 is 1. The average Bonchev–Trinajstić information content (AvgIpc) is 3.06. The van der Waals surface area contributed by atoms with Gasteiger partial charge < -0.3 is 14.2 Å². The van der Waals surface area contributed by atoms with Crippen molar-refractivity contribution >= 4 is 17.7 Å². The molecule has 27 heavy (non-hydrogen) atoms. The molecule has 0 unspecified atom stereocenters. The Labute approximate surface area is 163 Å². The molecule has 0 aliphatic heterocycles. The first kappa shape index (κ1) is 19.0. The molecule has 1 aromatic heterocycles. The first-order valence-corrected chi connectivity index (χ1v) is 9.36. The van der Waals surface area contributed by atoms with E-state index in [4.69, 9.17) is 4.74 Å². The largest absolute Gasteiger partial charge is 0.497 e. The smallest absolute Gasteiger partial charge is 0.240 e. The van der Waals surface area contributed by atoms with Crippen LogP contribution in [-0.2, 0) is 11.8 Å². The molecular formula is C20H22N4O2S. The number of likely N-dealkylation sites (N-methyl/N-ethyl adjacent to an activating group) is 1. The van der Waals surface area contributed by atoms with Gasteiger partial charge in [0.05, 0.1) is 7.11 Å². The highest BCUT2D eigenvalue weighted by Gasteiger charge is 2.26. The van der Waals surface area contributed by atoms with E-state index in [1.807, 2.05) is 66.2 Å². The van der Waals surface area contributed by atoms with Crippen LogP contribution in [0.2, 0.25) is 0 Å². The fraction of sp³-hybridized carbons (Fsp3) is 0.250. The minimum Gasteiger partial charge on any atom is -0.497 e. The zero-order valence-corrected chi connectivity index (χ0v) is 16.6. The number of ether oxygens (including phenoxy) is 1. The van der Waals surface area contributed by atoms with Crippen molar-refractivity contribution in [2.24, 2.45) is 7.05 Å². The number of thioether (sulfide) groups is 1. The maximum atomic E-state index is 12.7. The van der Waals surface area contributed by atoms with E-state index < -0.39 is 0 Å². The number of aromatic nitrogens is 3. The third-order valence-corrected chi connectivity index (χ3v) is 5.45. The summed E-state index contributed by atoms with van der Waals surface area (Å²) >= 11 is 1.40. The van der Waals surface area contributed by atoms with Crippen LogP contribution in [0.25, 0.3) is 11.4 Å². The third kappa shape index (κ3) is 4.14. The SMILES string of the molecule is COc1ccc(-c2nnc(S[C@H](C(=O)N(C)C)c3ccccc3)n2C)cc1. The topological polar surface area (TPSA) is 60.3 Å². The number of benzene rings is 2. The van der Waals surface area contributed by atoms with Crippen molar-refractivity contribution in [1.82, 2.24) is 19.7 Å². The standard InChI is InChI=1S/C20H22N4O2S/c1-23(2)19(25)17(14-8-6-5-7-9-14)27-20-22-21-18(24(20)3)15-10-12-16(26-4)13-11-15/h5-13,17H,1-4H3/t17-/m0/s1. The zero-order valence-electron chi connectivity index (χ0n) is 15.8. The molecule has 1 atom stereocenters. The van der Waals surface area contributed by atoms with E-state index in [1.165, 1.54) is 11.8 Å². The molecule has 0 bridgehead atoms. The highest BCUT2D eigenvalue weighted by Crippen LogP contribution is 2.36. The van der Waals surface area contributed by atoms with Gasteiger partial charge >= 0.3 is 0 Å². The van der Waals surface area contributed by atoms with Crippen LogP contribution in [0.4, 0.5) is 0 Å². The van der Waals surface area contributed by atoms with Crippen LogP contribution in [0.3, 0.4) is 0 Å². The van der Waals surface area contributed by atoms with E-state index in [2.05, 4.69) is 10.2 Å². The summed E-state index contributed by atoms with van der Waals surface area (Å²) in [5.74, 6) is 1.54. The van der Waals surface area contributed by atoms with Crippen molar-refractivity contribution in [2.45, 2.75) is 10.4 Å². The summed E-state index contributed by atoms with van der Waals surface area (Å²) in [6.07, 6.45) is 0. The molecule has 6 nitrogen and oxygen atoms in total. The van der Waals surface area contributed by atoms with Gasteiger partial charge in [-0.25, -0.2) is 0 Å². The van der Waals surface area contributed by atoms with Gasteiger partial charge in [-0.15, -0.1) is 10.2 Å². The van der Waals surface area contributed by atoms with Crippen LogP contribution in [0, 0.1) is 0 Å². The number of hydrogen-bond acceptors (Lipinski definition) is 5. The summed E-state index contributed by atoms with van der Waals surface area (Å²) in [5, 5.41) is 8.94. The predicted molar refractivity (Wildman–Crippen MR) is 107 cm³/mol. The van der Waals surface area contributed by atoms with E-state index >= 15 is 0 Å². The second kappa shape index (κ2) is 8.26. The molecule has 0 fully saturated rings. The summed E-state index contributed by atoms with van der Waals surface area (Å²) < 4.78 is 7.11. The predicted octanol–water partition coefficient (Wildman–Crippen LogP) is 3.41.